The van der Waals surface area contributed by atoms with E-state index in [9.17, 15) is 32.3 Å². The highest BCUT2D eigenvalue weighted by molar-refractivity contribution is 6.31. The summed E-state index contributed by atoms with van der Waals surface area (Å²) < 4.78 is 58.6. The van der Waals surface area contributed by atoms with Gasteiger partial charge < -0.3 is 15.2 Å². The molecule has 0 aliphatic rings. The third-order valence-electron chi connectivity index (χ3n) is 4.11. The Balaban J connectivity index is 2.58. The van der Waals surface area contributed by atoms with Gasteiger partial charge in [0.05, 0.1) is 11.3 Å². The van der Waals surface area contributed by atoms with Gasteiger partial charge in [-0.15, -0.1) is 0 Å². The predicted molar refractivity (Wildman–Crippen MR) is 107 cm³/mol. The van der Waals surface area contributed by atoms with Crippen LogP contribution in [0, 0.1) is 17.1 Å². The highest BCUT2D eigenvalue weighted by atomic mass is 35.5. The van der Waals surface area contributed by atoms with Crippen molar-refractivity contribution in [2.24, 2.45) is 0 Å². The molecule has 32 heavy (non-hydrogen) atoms. The van der Waals surface area contributed by atoms with E-state index in [4.69, 9.17) is 21.6 Å². The Bertz CT molecular complexity index is 1140. The number of ether oxygens (including phenoxy) is 1. The van der Waals surface area contributed by atoms with Gasteiger partial charge in [0.2, 0.25) is 0 Å². The van der Waals surface area contributed by atoms with Crippen molar-refractivity contribution in [2.75, 3.05) is 5.32 Å². The van der Waals surface area contributed by atoms with Gasteiger partial charge in [-0.1, -0.05) is 23.7 Å². The van der Waals surface area contributed by atoms with Crippen molar-refractivity contribution >= 4 is 29.0 Å². The molecule has 0 unspecified atom stereocenters. The molecular formula is C21H15ClF4N2O4. The van der Waals surface area contributed by atoms with Gasteiger partial charge in [0.25, 0.3) is 5.91 Å². The molecule has 1 atom stereocenters. The van der Waals surface area contributed by atoms with Crippen LogP contribution in [0.2, 0.25) is 5.02 Å². The average Bonchev–Trinajstić information content (AvgIpc) is 2.69. The zero-order valence-corrected chi connectivity index (χ0v) is 17.3. The van der Waals surface area contributed by atoms with E-state index in [0.29, 0.717) is 19.1 Å². The van der Waals surface area contributed by atoms with Crippen molar-refractivity contribution in [3.63, 3.8) is 0 Å². The van der Waals surface area contributed by atoms with Crippen molar-refractivity contribution in [3.05, 3.63) is 69.7 Å². The maximum absolute atomic E-state index is 14.7. The molecule has 1 amide bonds. The topological polar surface area (TPSA) is 99.4 Å². The molecule has 0 saturated carbocycles. The number of aliphatic hydroxyl groups is 1. The normalized spacial score (nSPS) is 12.9. The molecule has 0 aromatic heterocycles. The molecule has 0 fully saturated rings. The van der Waals surface area contributed by atoms with Gasteiger partial charge in [-0.3, -0.25) is 9.59 Å². The summed E-state index contributed by atoms with van der Waals surface area (Å²) in [6.45, 7) is 1.72. The minimum absolute atomic E-state index is 0.0381. The molecular weight excluding hydrogens is 456 g/mol. The molecule has 6 nitrogen and oxygen atoms in total. The van der Waals surface area contributed by atoms with Gasteiger partial charge in [-0.2, -0.15) is 18.4 Å². The first kappa shape index (κ1) is 24.7. The van der Waals surface area contributed by atoms with Gasteiger partial charge >= 0.3 is 6.18 Å². The van der Waals surface area contributed by atoms with Crippen LogP contribution in [0.25, 0.3) is 0 Å². The molecule has 2 aromatic carbocycles. The Morgan fingerprint density at radius 3 is 2.44 bits per heavy atom. The number of halogens is 5. The maximum Gasteiger partial charge on any atom is 0.425 e. The second-order valence-corrected chi connectivity index (χ2v) is 6.93. The van der Waals surface area contributed by atoms with Crippen LogP contribution in [0.15, 0.2) is 47.7 Å². The van der Waals surface area contributed by atoms with E-state index in [2.05, 4.69) is 0 Å². The number of carbonyl (C=O) groups is 2. The quantitative estimate of drug-likeness (QED) is 0.195. The molecule has 0 bridgehead atoms. The number of allylic oxidation sites excluding steroid dienone is 1. The summed E-state index contributed by atoms with van der Waals surface area (Å²) >= 11 is 5.84. The summed E-state index contributed by atoms with van der Waals surface area (Å²) in [6.07, 6.45) is -7.18. The van der Waals surface area contributed by atoms with Gasteiger partial charge in [-0.25, -0.2) is 4.39 Å². The molecule has 0 radical (unpaired) electrons. The molecule has 0 aliphatic heterocycles. The number of amides is 1. The summed E-state index contributed by atoms with van der Waals surface area (Å²) in [4.78, 5) is 24.9. The lowest BCUT2D eigenvalue weighted by Gasteiger charge is -2.20. The summed E-state index contributed by atoms with van der Waals surface area (Å²) in [5.41, 5.74) is -2.00. The van der Waals surface area contributed by atoms with E-state index < -0.39 is 58.1 Å². The number of anilines is 1. The lowest BCUT2D eigenvalue weighted by atomic mass is 10.0. The van der Waals surface area contributed by atoms with Crippen LogP contribution >= 0.6 is 11.6 Å². The van der Waals surface area contributed by atoms with Crippen molar-refractivity contribution in [1.82, 2.24) is 0 Å². The third-order valence-corrected chi connectivity index (χ3v) is 4.35. The third kappa shape index (κ3) is 5.76. The summed E-state index contributed by atoms with van der Waals surface area (Å²) in [7, 11) is 0. The number of nitrogens with one attached hydrogen (secondary N) is 1. The fourth-order valence-electron chi connectivity index (χ4n) is 2.45. The molecule has 2 aromatic rings. The first-order valence-corrected chi connectivity index (χ1v) is 9.21. The van der Waals surface area contributed by atoms with Crippen molar-refractivity contribution < 1.29 is 37.0 Å². The second kappa shape index (κ2) is 9.70. The number of hydrogen-bond donors (Lipinski definition) is 2. The fourth-order valence-corrected chi connectivity index (χ4v) is 2.64. The molecule has 2 N–H and O–H groups in total. The van der Waals surface area contributed by atoms with Crippen LogP contribution in [0.3, 0.4) is 0 Å². The number of hydrogen-bond acceptors (Lipinski definition) is 5. The van der Waals surface area contributed by atoms with Crippen LogP contribution < -0.4 is 10.1 Å². The number of nitrogens with zero attached hydrogens (tertiary/aromatic N) is 1. The average molecular weight is 471 g/mol. The first-order chi connectivity index (χ1) is 14.8. The van der Waals surface area contributed by atoms with Gasteiger partial charge in [0.15, 0.2) is 17.5 Å². The monoisotopic (exact) mass is 470 g/mol. The Morgan fingerprint density at radius 2 is 1.91 bits per heavy atom. The number of rotatable bonds is 6. The summed E-state index contributed by atoms with van der Waals surface area (Å²) in [6, 6.07) is 8.15. The van der Waals surface area contributed by atoms with E-state index in [-0.39, 0.29) is 10.6 Å². The number of carbonyl (C=O) groups excluding carboxylic acids is 2. The zero-order chi connectivity index (χ0) is 24.2. The highest BCUT2D eigenvalue weighted by Crippen LogP contribution is 2.33. The molecule has 168 valence electrons. The van der Waals surface area contributed by atoms with E-state index in [1.807, 2.05) is 5.32 Å². The van der Waals surface area contributed by atoms with Crippen molar-refractivity contribution in [3.8, 4) is 11.8 Å². The molecule has 11 heteroatoms. The predicted octanol–water partition coefficient (Wildman–Crippen LogP) is 5.33. The van der Waals surface area contributed by atoms with Gasteiger partial charge in [0, 0.05) is 16.7 Å². The smallest absolute Gasteiger partial charge is 0.425 e. The molecule has 2 rings (SSSR count). The van der Waals surface area contributed by atoms with Crippen LogP contribution in [-0.4, -0.2) is 29.1 Å². The SMILES string of the molecule is C/C(O)=C(\C#N)C(=O)Nc1cc(O[C@@H](C)C(F)(F)F)c(C(=O)c2cccc(Cl)c2)cc1F. The highest BCUT2D eigenvalue weighted by Gasteiger charge is 2.39. The Kier molecular flexibility index (Phi) is 7.48. The minimum Gasteiger partial charge on any atom is -0.511 e. The van der Waals surface area contributed by atoms with Crippen LogP contribution in [-0.2, 0) is 4.79 Å². The number of benzene rings is 2. The number of alkyl halides is 3. The van der Waals surface area contributed by atoms with E-state index in [1.165, 1.54) is 30.3 Å². The molecule has 0 aliphatic carbocycles. The minimum atomic E-state index is -4.81. The lowest BCUT2D eigenvalue weighted by Crippen LogP contribution is -2.31. The zero-order valence-electron chi connectivity index (χ0n) is 16.6. The number of ketones is 1. The first-order valence-electron chi connectivity index (χ1n) is 8.83. The maximum atomic E-state index is 14.7. The Hall–Kier alpha value is -3.58. The van der Waals surface area contributed by atoms with Crippen molar-refractivity contribution in [2.45, 2.75) is 26.1 Å². The fraction of sp³-hybridized carbons (Fsp3) is 0.190. The Morgan fingerprint density at radius 1 is 1.25 bits per heavy atom. The van der Waals surface area contributed by atoms with E-state index in [0.717, 1.165) is 6.92 Å². The largest absolute Gasteiger partial charge is 0.511 e. The lowest BCUT2D eigenvalue weighted by molar-refractivity contribution is -0.189. The van der Waals surface area contributed by atoms with Gasteiger partial charge in [0.1, 0.15) is 23.4 Å². The number of nitriles is 1. The summed E-state index contributed by atoms with van der Waals surface area (Å²) in [5.74, 6) is -4.60. The van der Waals surface area contributed by atoms with Crippen LogP contribution in [0.4, 0.5) is 23.2 Å². The molecule has 0 heterocycles. The summed E-state index contributed by atoms with van der Waals surface area (Å²) in [5, 5.41) is 20.4. The van der Waals surface area contributed by atoms with Crippen LogP contribution in [0.1, 0.15) is 29.8 Å². The number of aliphatic hydroxyl groups excluding tert-OH is 1. The van der Waals surface area contributed by atoms with E-state index >= 15 is 0 Å². The van der Waals surface area contributed by atoms with Gasteiger partial charge in [-0.05, 0) is 32.0 Å². The van der Waals surface area contributed by atoms with Crippen LogP contribution in [0.5, 0.6) is 5.75 Å². The van der Waals surface area contributed by atoms with E-state index in [1.54, 1.807) is 0 Å². The second-order valence-electron chi connectivity index (χ2n) is 6.50. The standard InChI is InChI=1S/C21H15ClF4N2O4/c1-10(29)15(9-27)20(31)28-17-8-18(32-11(2)21(24,25)26)14(7-16(17)23)19(30)12-4-3-5-13(22)6-12/h3-8,11,29H,1-2H3,(H,28,31)/b15-10-/t11-/m0/s1. The molecule has 0 saturated heterocycles. The molecule has 0 spiro atoms. The van der Waals surface area contributed by atoms with Crippen molar-refractivity contribution in [1.29, 1.82) is 5.26 Å². The Labute approximate surface area is 184 Å².